The van der Waals surface area contributed by atoms with Crippen LogP contribution in [0.3, 0.4) is 0 Å². The Kier molecular flexibility index (Phi) is 4.41. The Balaban J connectivity index is 1.48. The molecule has 4 heterocycles. The normalized spacial score (nSPS) is 31.5. The monoisotopic (exact) mass is 336 g/mol. The number of aryl methyl sites for hydroxylation is 1. The van der Waals surface area contributed by atoms with Crippen molar-refractivity contribution < 1.29 is 14.4 Å². The molecule has 3 aliphatic heterocycles. The maximum atomic E-state index is 12.7. The number of likely N-dealkylation sites (tertiary alicyclic amines) is 1. The number of carbonyl (C=O) groups excluding carboxylic acids is 1. The average molecular weight is 336 g/mol. The zero-order valence-electron chi connectivity index (χ0n) is 13.6. The molecule has 1 aromatic rings. The van der Waals surface area contributed by atoms with Gasteiger partial charge >= 0.3 is 0 Å². The summed E-state index contributed by atoms with van der Waals surface area (Å²) < 4.78 is 5.92. The largest absolute Gasteiger partial charge is 0.377 e. The minimum atomic E-state index is -0.00601. The maximum Gasteiger partial charge on any atom is 0.250 e. The highest BCUT2D eigenvalue weighted by Crippen LogP contribution is 2.34. The number of thiophene rings is 1. The van der Waals surface area contributed by atoms with Crippen LogP contribution < -0.4 is 0 Å². The molecule has 0 radical (unpaired) electrons. The number of piperidine rings is 1. The van der Waals surface area contributed by atoms with E-state index in [1.165, 1.54) is 9.75 Å². The third-order valence-electron chi connectivity index (χ3n) is 5.12. The number of hydrogen-bond donors (Lipinski definition) is 0. The lowest BCUT2D eigenvalue weighted by molar-refractivity contribution is -0.177. The van der Waals surface area contributed by atoms with Gasteiger partial charge < -0.3 is 4.74 Å². The molecule has 1 amide bonds. The highest BCUT2D eigenvalue weighted by atomic mass is 32.1. The molecule has 1 aromatic heterocycles. The second-order valence-corrected chi connectivity index (χ2v) is 8.14. The van der Waals surface area contributed by atoms with Crippen LogP contribution in [-0.4, -0.2) is 54.3 Å². The van der Waals surface area contributed by atoms with E-state index >= 15 is 0 Å². The average Bonchev–Trinajstić information content (AvgIpc) is 3.27. The third-order valence-corrected chi connectivity index (χ3v) is 6.10. The van der Waals surface area contributed by atoms with E-state index in [0.29, 0.717) is 12.6 Å². The summed E-state index contributed by atoms with van der Waals surface area (Å²) in [7, 11) is 0. The van der Waals surface area contributed by atoms with Crippen LogP contribution in [0.1, 0.15) is 29.0 Å². The fraction of sp³-hybridized carbons (Fsp3) is 0.706. The molecule has 3 aliphatic rings. The summed E-state index contributed by atoms with van der Waals surface area (Å²) in [5.74, 6) is 0.136. The van der Waals surface area contributed by atoms with Crippen LogP contribution in [0.5, 0.6) is 0 Å². The molecule has 0 unspecified atom stereocenters. The molecular formula is C17H24N2O3S. The molecule has 0 spiro atoms. The summed E-state index contributed by atoms with van der Waals surface area (Å²) in [4.78, 5) is 23.4. The molecule has 0 aliphatic carbocycles. The molecule has 126 valence electrons. The van der Waals surface area contributed by atoms with Gasteiger partial charge in [0.15, 0.2) is 0 Å². The number of rotatable bonds is 3. The summed E-state index contributed by atoms with van der Waals surface area (Å²) in [6.45, 7) is 6.10. The molecule has 3 saturated heterocycles. The van der Waals surface area contributed by atoms with Gasteiger partial charge in [-0.2, -0.15) is 0 Å². The lowest BCUT2D eigenvalue weighted by Crippen LogP contribution is -2.52. The van der Waals surface area contributed by atoms with E-state index < -0.39 is 0 Å². The predicted octanol–water partition coefficient (Wildman–Crippen LogP) is 2.20. The number of fused-ring (bicyclic) bond motifs is 1. The van der Waals surface area contributed by atoms with E-state index in [2.05, 4.69) is 24.0 Å². The van der Waals surface area contributed by atoms with E-state index in [4.69, 9.17) is 9.57 Å². The van der Waals surface area contributed by atoms with Crippen LogP contribution >= 0.6 is 11.3 Å². The first-order valence-electron chi connectivity index (χ1n) is 8.56. The smallest absolute Gasteiger partial charge is 0.250 e. The van der Waals surface area contributed by atoms with Gasteiger partial charge in [0.2, 0.25) is 0 Å². The van der Waals surface area contributed by atoms with E-state index in [0.717, 1.165) is 45.5 Å². The van der Waals surface area contributed by atoms with Gasteiger partial charge in [-0.3, -0.25) is 14.5 Å². The number of hydroxylamine groups is 2. The molecule has 23 heavy (non-hydrogen) atoms. The first kappa shape index (κ1) is 15.6. The third kappa shape index (κ3) is 3.18. The van der Waals surface area contributed by atoms with Crippen LogP contribution in [-0.2, 0) is 20.9 Å². The first-order valence-corrected chi connectivity index (χ1v) is 9.37. The van der Waals surface area contributed by atoms with Crippen molar-refractivity contribution in [3.05, 3.63) is 21.9 Å². The number of amides is 1. The van der Waals surface area contributed by atoms with Crippen LogP contribution in [0.4, 0.5) is 0 Å². The first-order chi connectivity index (χ1) is 11.2. The fourth-order valence-corrected chi connectivity index (χ4v) is 4.93. The van der Waals surface area contributed by atoms with Gasteiger partial charge in [0, 0.05) is 35.5 Å². The Labute approximate surface area is 141 Å². The minimum Gasteiger partial charge on any atom is -0.377 e. The van der Waals surface area contributed by atoms with Gasteiger partial charge in [-0.25, -0.2) is 5.06 Å². The lowest BCUT2D eigenvalue weighted by Gasteiger charge is -2.40. The maximum absolute atomic E-state index is 12.7. The molecule has 3 fully saturated rings. The summed E-state index contributed by atoms with van der Waals surface area (Å²) in [5, 5.41) is 1.58. The highest BCUT2D eigenvalue weighted by molar-refractivity contribution is 7.11. The van der Waals surface area contributed by atoms with Gasteiger partial charge in [0.1, 0.15) is 0 Å². The van der Waals surface area contributed by atoms with Crippen molar-refractivity contribution in [3.8, 4) is 0 Å². The summed E-state index contributed by atoms with van der Waals surface area (Å²) in [5.41, 5.74) is 0. The topological polar surface area (TPSA) is 42.0 Å². The second kappa shape index (κ2) is 6.51. The van der Waals surface area contributed by atoms with E-state index in [1.54, 1.807) is 5.06 Å². The van der Waals surface area contributed by atoms with Gasteiger partial charge in [-0.05, 0) is 38.3 Å². The SMILES string of the molecule is Cc1ccc(CN2C[C@H](C(=O)N3CCCO3)C[C@@H]3OCC[C@@H]32)s1. The quantitative estimate of drug-likeness (QED) is 0.849. The van der Waals surface area contributed by atoms with Crippen molar-refractivity contribution in [3.63, 3.8) is 0 Å². The predicted molar refractivity (Wildman–Crippen MR) is 88.0 cm³/mol. The molecule has 0 aromatic carbocycles. The highest BCUT2D eigenvalue weighted by Gasteiger charge is 2.43. The van der Waals surface area contributed by atoms with Crippen LogP contribution in [0, 0.1) is 12.8 Å². The molecular weight excluding hydrogens is 312 g/mol. The number of carbonyl (C=O) groups is 1. The summed E-state index contributed by atoms with van der Waals surface area (Å²) in [6, 6.07) is 4.84. The van der Waals surface area contributed by atoms with Crippen LogP contribution in [0.25, 0.3) is 0 Å². The standard InChI is InChI=1S/C17H24N2O3S/c1-12-3-4-14(23-12)11-18-10-13(9-16-15(18)5-8-21-16)17(20)19-6-2-7-22-19/h3-4,13,15-16H,2,5-11H2,1H3/t13-,15+,16+/m1/s1. The van der Waals surface area contributed by atoms with Crippen molar-refractivity contribution in [1.82, 2.24) is 9.96 Å². The molecule has 6 heteroatoms. The zero-order chi connectivity index (χ0) is 15.8. The molecule has 0 bridgehead atoms. The van der Waals surface area contributed by atoms with Gasteiger partial charge in [0.25, 0.3) is 5.91 Å². The fourth-order valence-electron chi connectivity index (χ4n) is 4.01. The number of hydrogen-bond acceptors (Lipinski definition) is 5. The van der Waals surface area contributed by atoms with Crippen molar-refractivity contribution in [2.45, 2.75) is 44.9 Å². The lowest BCUT2D eigenvalue weighted by atomic mass is 9.89. The summed E-state index contributed by atoms with van der Waals surface area (Å²) in [6.07, 6.45) is 3.06. The van der Waals surface area contributed by atoms with E-state index in [9.17, 15) is 4.79 Å². The zero-order valence-corrected chi connectivity index (χ0v) is 14.4. The molecule has 0 saturated carbocycles. The van der Waals surface area contributed by atoms with Crippen molar-refractivity contribution in [1.29, 1.82) is 0 Å². The summed E-state index contributed by atoms with van der Waals surface area (Å²) >= 11 is 1.85. The van der Waals surface area contributed by atoms with Gasteiger partial charge in [-0.1, -0.05) is 0 Å². The van der Waals surface area contributed by atoms with Crippen molar-refractivity contribution in [2.75, 3.05) is 26.3 Å². The Morgan fingerprint density at radius 1 is 1.39 bits per heavy atom. The van der Waals surface area contributed by atoms with Gasteiger partial charge in [0.05, 0.1) is 25.2 Å². The van der Waals surface area contributed by atoms with Crippen molar-refractivity contribution in [2.24, 2.45) is 5.92 Å². The Bertz CT molecular complexity index is 570. The Hall–Kier alpha value is -0.950. The van der Waals surface area contributed by atoms with Gasteiger partial charge in [-0.15, -0.1) is 11.3 Å². The minimum absolute atomic E-state index is 0.00601. The van der Waals surface area contributed by atoms with Crippen LogP contribution in [0.2, 0.25) is 0 Å². The molecule has 3 atom stereocenters. The Morgan fingerprint density at radius 2 is 2.30 bits per heavy atom. The molecule has 4 rings (SSSR count). The Morgan fingerprint density at radius 3 is 3.04 bits per heavy atom. The van der Waals surface area contributed by atoms with E-state index in [-0.39, 0.29) is 17.9 Å². The van der Waals surface area contributed by atoms with Crippen LogP contribution in [0.15, 0.2) is 12.1 Å². The van der Waals surface area contributed by atoms with E-state index in [1.807, 2.05) is 11.3 Å². The molecule has 0 N–H and O–H groups in total. The second-order valence-electron chi connectivity index (χ2n) is 6.77. The number of nitrogens with zero attached hydrogens (tertiary/aromatic N) is 2. The van der Waals surface area contributed by atoms with Crippen molar-refractivity contribution >= 4 is 17.2 Å². The number of ether oxygens (including phenoxy) is 1. The molecule has 5 nitrogen and oxygen atoms in total.